The van der Waals surface area contributed by atoms with Crippen LogP contribution in [-0.4, -0.2) is 22.1 Å². The molecule has 0 radical (unpaired) electrons. The number of hydrogen-bond donors (Lipinski definition) is 2. The summed E-state index contributed by atoms with van der Waals surface area (Å²) in [7, 11) is 0. The van der Waals surface area contributed by atoms with E-state index in [0.717, 1.165) is 11.1 Å². The molecule has 0 saturated heterocycles. The fourth-order valence-corrected chi connectivity index (χ4v) is 2.87. The van der Waals surface area contributed by atoms with Crippen LogP contribution in [0.1, 0.15) is 22.3 Å². The fourth-order valence-electron chi connectivity index (χ4n) is 2.58. The lowest BCUT2D eigenvalue weighted by Crippen LogP contribution is -2.42. The summed E-state index contributed by atoms with van der Waals surface area (Å²) in [6.07, 6.45) is 0.968. The molecular formula is C19H21NO2S. The van der Waals surface area contributed by atoms with E-state index in [9.17, 15) is 9.90 Å². The van der Waals surface area contributed by atoms with Crippen LogP contribution in [0.25, 0.3) is 0 Å². The van der Waals surface area contributed by atoms with Gasteiger partial charge in [-0.3, -0.25) is 0 Å². The van der Waals surface area contributed by atoms with Gasteiger partial charge in [-0.15, -0.1) is 0 Å². The van der Waals surface area contributed by atoms with Crippen molar-refractivity contribution in [2.45, 2.75) is 32.7 Å². The van der Waals surface area contributed by atoms with Crippen LogP contribution in [0.4, 0.5) is 0 Å². The van der Waals surface area contributed by atoms with Crippen molar-refractivity contribution in [1.29, 1.82) is 0 Å². The Bertz CT molecular complexity index is 678. The summed E-state index contributed by atoms with van der Waals surface area (Å²) in [6.45, 7) is 4.09. The summed E-state index contributed by atoms with van der Waals surface area (Å²) in [5.74, 6) is -0.891. The molecule has 2 rings (SSSR count). The third kappa shape index (κ3) is 4.89. The van der Waals surface area contributed by atoms with Gasteiger partial charge in [0, 0.05) is 12.8 Å². The molecule has 1 atom stereocenters. The van der Waals surface area contributed by atoms with E-state index in [1.54, 1.807) is 0 Å². The molecule has 0 saturated carbocycles. The van der Waals surface area contributed by atoms with Gasteiger partial charge >= 0.3 is 5.97 Å². The van der Waals surface area contributed by atoms with E-state index < -0.39 is 12.0 Å². The van der Waals surface area contributed by atoms with Gasteiger partial charge < -0.3 is 10.4 Å². The lowest BCUT2D eigenvalue weighted by Gasteiger charge is -2.18. The largest absolute Gasteiger partial charge is 0.480 e. The molecule has 0 unspecified atom stereocenters. The predicted octanol–water partition coefficient (Wildman–Crippen LogP) is 3.46. The van der Waals surface area contributed by atoms with E-state index >= 15 is 0 Å². The molecule has 0 fully saturated rings. The van der Waals surface area contributed by atoms with Gasteiger partial charge in [0.2, 0.25) is 0 Å². The first kappa shape index (κ1) is 17.2. The van der Waals surface area contributed by atoms with Crippen LogP contribution < -0.4 is 5.32 Å². The average molecular weight is 327 g/mol. The van der Waals surface area contributed by atoms with E-state index in [4.69, 9.17) is 12.2 Å². The zero-order chi connectivity index (χ0) is 16.8. The molecule has 2 aromatic rings. The van der Waals surface area contributed by atoms with E-state index in [-0.39, 0.29) is 0 Å². The number of carboxylic acids is 1. The number of aryl methyl sites for hydroxylation is 2. The topological polar surface area (TPSA) is 49.3 Å². The third-order valence-corrected chi connectivity index (χ3v) is 4.16. The van der Waals surface area contributed by atoms with Crippen LogP contribution in [0, 0.1) is 13.8 Å². The quantitative estimate of drug-likeness (QED) is 0.798. The highest BCUT2D eigenvalue weighted by atomic mass is 32.1. The minimum absolute atomic E-state index is 0.406. The monoisotopic (exact) mass is 327 g/mol. The van der Waals surface area contributed by atoms with Gasteiger partial charge in [-0.25, -0.2) is 4.79 Å². The molecule has 0 amide bonds. The Balaban J connectivity index is 2.05. The van der Waals surface area contributed by atoms with Crippen molar-refractivity contribution < 1.29 is 9.90 Å². The average Bonchev–Trinajstić information content (AvgIpc) is 2.51. The maximum Gasteiger partial charge on any atom is 0.326 e. The third-order valence-electron chi connectivity index (χ3n) is 3.90. The molecule has 3 nitrogen and oxygen atoms in total. The second-order valence-corrected chi connectivity index (χ2v) is 6.19. The summed E-state index contributed by atoms with van der Waals surface area (Å²) in [5.41, 5.74) is 4.48. The fraction of sp³-hybridized carbons (Fsp3) is 0.263. The molecule has 0 bridgehead atoms. The standard InChI is InChI=1S/C19H21NO2S/c1-13-7-6-8-14(2)16(13)12-18(23)20-17(19(21)22)11-15-9-4-3-5-10-15/h3-10,17H,11-12H2,1-2H3,(H,20,23)(H,21,22)/t17-/m0/s1. The smallest absolute Gasteiger partial charge is 0.326 e. The van der Waals surface area contributed by atoms with Crippen molar-refractivity contribution in [3.63, 3.8) is 0 Å². The van der Waals surface area contributed by atoms with Crippen LogP contribution in [0.3, 0.4) is 0 Å². The van der Waals surface area contributed by atoms with Crippen LogP contribution >= 0.6 is 12.2 Å². The molecule has 0 aliphatic carbocycles. The molecule has 2 aromatic carbocycles. The van der Waals surface area contributed by atoms with Crippen molar-refractivity contribution in [2.24, 2.45) is 0 Å². The highest BCUT2D eigenvalue weighted by Gasteiger charge is 2.19. The van der Waals surface area contributed by atoms with E-state index in [1.165, 1.54) is 11.1 Å². The molecule has 0 spiro atoms. The Morgan fingerprint density at radius 2 is 1.70 bits per heavy atom. The van der Waals surface area contributed by atoms with E-state index in [2.05, 4.69) is 5.32 Å². The van der Waals surface area contributed by atoms with Gasteiger partial charge in [0.05, 0.1) is 4.99 Å². The van der Waals surface area contributed by atoms with Gasteiger partial charge in [-0.05, 0) is 36.1 Å². The van der Waals surface area contributed by atoms with Crippen LogP contribution in [-0.2, 0) is 17.6 Å². The first-order chi connectivity index (χ1) is 11.0. The molecule has 0 aliphatic rings. The number of rotatable bonds is 6. The van der Waals surface area contributed by atoms with Gasteiger partial charge in [0.1, 0.15) is 6.04 Å². The van der Waals surface area contributed by atoms with Gasteiger partial charge in [-0.1, -0.05) is 60.7 Å². The minimum Gasteiger partial charge on any atom is -0.480 e. The summed E-state index contributed by atoms with van der Waals surface area (Å²) < 4.78 is 0. The second-order valence-electron chi connectivity index (χ2n) is 5.70. The number of carboxylic acid groups (broad SMARTS) is 1. The minimum atomic E-state index is -0.891. The maximum absolute atomic E-state index is 11.5. The van der Waals surface area contributed by atoms with E-state index in [0.29, 0.717) is 17.8 Å². The van der Waals surface area contributed by atoms with Crippen molar-refractivity contribution in [3.05, 3.63) is 70.8 Å². The van der Waals surface area contributed by atoms with Crippen molar-refractivity contribution in [2.75, 3.05) is 0 Å². The Kier molecular flexibility index (Phi) is 5.88. The van der Waals surface area contributed by atoms with Crippen molar-refractivity contribution in [3.8, 4) is 0 Å². The highest BCUT2D eigenvalue weighted by molar-refractivity contribution is 7.80. The Morgan fingerprint density at radius 1 is 1.09 bits per heavy atom. The molecule has 120 valence electrons. The first-order valence-electron chi connectivity index (χ1n) is 7.58. The van der Waals surface area contributed by atoms with Gasteiger partial charge in [-0.2, -0.15) is 0 Å². The zero-order valence-corrected chi connectivity index (χ0v) is 14.2. The number of nitrogens with one attached hydrogen (secondary N) is 1. The number of hydrogen-bond acceptors (Lipinski definition) is 2. The van der Waals surface area contributed by atoms with E-state index in [1.807, 2.05) is 62.4 Å². The summed E-state index contributed by atoms with van der Waals surface area (Å²) in [5, 5.41) is 12.4. The summed E-state index contributed by atoms with van der Waals surface area (Å²) >= 11 is 5.39. The normalized spacial score (nSPS) is 11.7. The van der Waals surface area contributed by atoms with Gasteiger partial charge in [0.25, 0.3) is 0 Å². The molecule has 0 aromatic heterocycles. The predicted molar refractivity (Wildman–Crippen MR) is 96.9 cm³/mol. The lowest BCUT2D eigenvalue weighted by molar-refractivity contribution is -0.139. The Labute approximate surface area is 142 Å². The number of aliphatic carboxylic acids is 1. The zero-order valence-electron chi connectivity index (χ0n) is 13.4. The second kappa shape index (κ2) is 7.88. The summed E-state index contributed by atoms with van der Waals surface area (Å²) in [6, 6.07) is 15.0. The first-order valence-corrected chi connectivity index (χ1v) is 7.99. The van der Waals surface area contributed by atoms with Gasteiger partial charge in [0.15, 0.2) is 0 Å². The molecule has 0 heterocycles. The molecule has 0 aliphatic heterocycles. The van der Waals surface area contributed by atoms with Crippen molar-refractivity contribution in [1.82, 2.24) is 5.32 Å². The number of benzene rings is 2. The highest BCUT2D eigenvalue weighted by Crippen LogP contribution is 2.14. The van der Waals surface area contributed by atoms with Crippen LogP contribution in [0.5, 0.6) is 0 Å². The number of carbonyl (C=O) groups is 1. The number of thiocarbonyl (C=S) groups is 1. The molecular weight excluding hydrogens is 306 g/mol. The Morgan fingerprint density at radius 3 is 2.26 bits per heavy atom. The van der Waals surface area contributed by atoms with Crippen LogP contribution in [0.2, 0.25) is 0 Å². The Hall–Kier alpha value is -2.20. The summed E-state index contributed by atoms with van der Waals surface area (Å²) in [4.78, 5) is 12.1. The molecule has 2 N–H and O–H groups in total. The molecule has 23 heavy (non-hydrogen) atoms. The van der Waals surface area contributed by atoms with Crippen molar-refractivity contribution >= 4 is 23.2 Å². The lowest BCUT2D eigenvalue weighted by atomic mass is 9.99. The maximum atomic E-state index is 11.5. The van der Waals surface area contributed by atoms with Crippen LogP contribution in [0.15, 0.2) is 48.5 Å². The molecule has 4 heteroatoms. The SMILES string of the molecule is Cc1cccc(C)c1CC(=S)N[C@@H](Cc1ccccc1)C(=O)O.